The third-order valence-electron chi connectivity index (χ3n) is 5.37. The minimum absolute atomic E-state index is 0.0453. The SMILES string of the molecule is CC(C)c1nc(-c2ccc(F)c(NS(=O)(=O)c3c(F)cccc3F)c2)c(-c2ccnc(NCC[S+](C)[O-])n2)s1. The molecule has 0 aliphatic heterocycles. The van der Waals surface area contributed by atoms with Gasteiger partial charge in [0.1, 0.15) is 23.2 Å². The van der Waals surface area contributed by atoms with Gasteiger partial charge in [-0.05, 0) is 36.4 Å². The number of anilines is 2. The standard InChI is InChI=1S/C25H24F3N5O3S3/c1-14(2)24-32-21(22(37-24)19-9-10-29-25(31-19)30-11-12-38(3)34)15-7-8-16(26)20(13-15)33-39(35,36)23-17(27)5-4-6-18(23)28/h4-10,13-14,33H,11-12H2,1-3H3,(H,29,30,31). The zero-order chi connectivity index (χ0) is 28.3. The average Bonchev–Trinajstić information content (AvgIpc) is 3.31. The molecule has 39 heavy (non-hydrogen) atoms. The Balaban J connectivity index is 1.74. The molecule has 206 valence electrons. The average molecular weight is 596 g/mol. The third-order valence-corrected chi connectivity index (χ3v) is 8.94. The van der Waals surface area contributed by atoms with Crippen LogP contribution < -0.4 is 10.0 Å². The van der Waals surface area contributed by atoms with Crippen LogP contribution in [0.1, 0.15) is 24.8 Å². The third kappa shape index (κ3) is 6.69. The van der Waals surface area contributed by atoms with Crippen molar-refractivity contribution in [1.29, 1.82) is 0 Å². The van der Waals surface area contributed by atoms with E-state index in [2.05, 4.69) is 15.3 Å². The number of hydrogen-bond acceptors (Lipinski definition) is 8. The summed E-state index contributed by atoms with van der Waals surface area (Å²) in [4.78, 5) is 12.9. The van der Waals surface area contributed by atoms with Gasteiger partial charge in [-0.15, -0.1) is 11.3 Å². The molecule has 2 aromatic carbocycles. The fourth-order valence-corrected chi connectivity index (χ4v) is 6.16. The van der Waals surface area contributed by atoms with Crippen molar-refractivity contribution in [2.45, 2.75) is 24.7 Å². The summed E-state index contributed by atoms with van der Waals surface area (Å²) < 4.78 is 81.9. The van der Waals surface area contributed by atoms with Crippen molar-refractivity contribution < 1.29 is 26.1 Å². The number of aromatic nitrogens is 3. The number of nitrogens with one attached hydrogen (secondary N) is 2. The second kappa shape index (κ2) is 11.9. The van der Waals surface area contributed by atoms with Crippen molar-refractivity contribution in [2.24, 2.45) is 0 Å². The summed E-state index contributed by atoms with van der Waals surface area (Å²) in [6.45, 7) is 4.32. The van der Waals surface area contributed by atoms with Crippen LogP contribution in [0.15, 0.2) is 53.6 Å². The molecule has 0 fully saturated rings. The van der Waals surface area contributed by atoms with Crippen LogP contribution in [-0.2, 0) is 21.2 Å². The van der Waals surface area contributed by atoms with E-state index >= 15 is 0 Å². The van der Waals surface area contributed by atoms with E-state index in [0.29, 0.717) is 40.1 Å². The molecule has 8 nitrogen and oxygen atoms in total. The molecule has 4 aromatic rings. The molecule has 1 atom stereocenters. The molecular weight excluding hydrogens is 572 g/mol. The van der Waals surface area contributed by atoms with Crippen molar-refractivity contribution in [3.63, 3.8) is 0 Å². The van der Waals surface area contributed by atoms with Gasteiger partial charge >= 0.3 is 0 Å². The number of halogens is 3. The van der Waals surface area contributed by atoms with Gasteiger partial charge in [0.05, 0.1) is 39.8 Å². The quantitative estimate of drug-likeness (QED) is 0.236. The molecule has 1 unspecified atom stereocenters. The van der Waals surface area contributed by atoms with Gasteiger partial charge in [-0.3, -0.25) is 4.72 Å². The van der Waals surface area contributed by atoms with Gasteiger partial charge in [0.25, 0.3) is 10.0 Å². The zero-order valence-corrected chi connectivity index (χ0v) is 23.5. The van der Waals surface area contributed by atoms with Gasteiger partial charge in [-0.2, -0.15) is 0 Å². The Bertz CT molecular complexity index is 1580. The minimum Gasteiger partial charge on any atom is -0.617 e. The lowest BCUT2D eigenvalue weighted by atomic mass is 10.1. The van der Waals surface area contributed by atoms with Gasteiger partial charge in [-0.1, -0.05) is 31.1 Å². The molecule has 0 radical (unpaired) electrons. The summed E-state index contributed by atoms with van der Waals surface area (Å²) in [7, 11) is -4.80. The highest BCUT2D eigenvalue weighted by Gasteiger charge is 2.26. The Morgan fingerprint density at radius 2 is 1.77 bits per heavy atom. The first-order valence-electron chi connectivity index (χ1n) is 11.6. The Morgan fingerprint density at radius 1 is 1.05 bits per heavy atom. The van der Waals surface area contributed by atoms with Gasteiger partial charge in [-0.25, -0.2) is 36.5 Å². The van der Waals surface area contributed by atoms with Crippen molar-refractivity contribution in [2.75, 3.05) is 28.6 Å². The van der Waals surface area contributed by atoms with Crippen LogP contribution in [0.25, 0.3) is 21.8 Å². The maximum absolute atomic E-state index is 14.7. The first kappa shape index (κ1) is 28.8. The molecule has 0 aliphatic rings. The van der Waals surface area contributed by atoms with E-state index in [-0.39, 0.29) is 5.92 Å². The highest BCUT2D eigenvalue weighted by Crippen LogP contribution is 2.39. The van der Waals surface area contributed by atoms with Crippen LogP contribution >= 0.6 is 11.3 Å². The number of nitrogens with zero attached hydrogens (tertiary/aromatic N) is 3. The number of rotatable bonds is 10. The first-order chi connectivity index (χ1) is 18.5. The normalized spacial score (nSPS) is 12.5. The van der Waals surface area contributed by atoms with Crippen molar-refractivity contribution >= 4 is 44.2 Å². The van der Waals surface area contributed by atoms with Crippen molar-refractivity contribution in [3.8, 4) is 21.8 Å². The number of benzene rings is 2. The van der Waals surface area contributed by atoms with E-state index in [0.717, 1.165) is 29.3 Å². The summed E-state index contributed by atoms with van der Waals surface area (Å²) in [6, 6.07) is 7.98. The van der Waals surface area contributed by atoms with E-state index in [9.17, 15) is 26.1 Å². The van der Waals surface area contributed by atoms with Gasteiger partial charge < -0.3 is 9.87 Å². The summed E-state index contributed by atoms with van der Waals surface area (Å²) in [5.41, 5.74) is 0.790. The topological polar surface area (TPSA) is 120 Å². The molecule has 14 heteroatoms. The van der Waals surface area contributed by atoms with E-state index in [1.807, 2.05) is 18.6 Å². The van der Waals surface area contributed by atoms with Crippen LogP contribution in [0, 0.1) is 17.5 Å². The molecule has 0 spiro atoms. The zero-order valence-electron chi connectivity index (χ0n) is 21.0. The Labute approximate surface area is 231 Å². The highest BCUT2D eigenvalue weighted by molar-refractivity contribution is 7.92. The smallest absolute Gasteiger partial charge is 0.267 e. The van der Waals surface area contributed by atoms with Crippen LogP contribution in [-0.4, -0.2) is 46.5 Å². The van der Waals surface area contributed by atoms with Gasteiger partial charge in [0, 0.05) is 17.7 Å². The number of thiazole rings is 1. The molecular formula is C25H24F3N5O3S3. The van der Waals surface area contributed by atoms with Gasteiger partial charge in [0.2, 0.25) is 5.95 Å². The highest BCUT2D eigenvalue weighted by atomic mass is 32.2. The number of hydrogen-bond donors (Lipinski definition) is 2. The second-order valence-corrected chi connectivity index (χ2v) is 12.9. The Hall–Kier alpha value is -3.20. The maximum Gasteiger partial charge on any atom is 0.267 e. The minimum atomic E-state index is -4.80. The monoisotopic (exact) mass is 595 g/mol. The summed E-state index contributed by atoms with van der Waals surface area (Å²) in [6.07, 6.45) is 3.15. The lowest BCUT2D eigenvalue weighted by molar-refractivity contribution is 0.521. The molecule has 0 aliphatic carbocycles. The molecule has 0 saturated heterocycles. The summed E-state index contributed by atoms with van der Waals surface area (Å²) in [5.74, 6) is -2.77. The molecule has 0 amide bonds. The molecule has 4 rings (SSSR count). The van der Waals surface area contributed by atoms with Crippen LogP contribution in [0.3, 0.4) is 0 Å². The van der Waals surface area contributed by atoms with E-state index < -0.39 is 49.2 Å². The Kier molecular flexibility index (Phi) is 8.79. The van der Waals surface area contributed by atoms with Crippen LogP contribution in [0.2, 0.25) is 0 Å². The van der Waals surface area contributed by atoms with Crippen LogP contribution in [0.5, 0.6) is 0 Å². The van der Waals surface area contributed by atoms with Crippen molar-refractivity contribution in [1.82, 2.24) is 15.0 Å². The van der Waals surface area contributed by atoms with E-state index in [1.54, 1.807) is 18.5 Å². The fourth-order valence-electron chi connectivity index (χ4n) is 3.52. The number of sulfonamides is 1. The molecule has 2 N–H and O–H groups in total. The first-order valence-corrected chi connectivity index (χ1v) is 15.6. The summed E-state index contributed by atoms with van der Waals surface area (Å²) >= 11 is 0.383. The Morgan fingerprint density at radius 3 is 2.44 bits per heavy atom. The van der Waals surface area contributed by atoms with Crippen LogP contribution in [0.4, 0.5) is 24.8 Å². The van der Waals surface area contributed by atoms with Gasteiger partial charge in [0.15, 0.2) is 4.90 Å². The lowest BCUT2D eigenvalue weighted by Gasteiger charge is -2.12. The predicted octanol–water partition coefficient (Wildman–Crippen LogP) is 5.40. The molecule has 2 aromatic heterocycles. The predicted molar refractivity (Wildman–Crippen MR) is 147 cm³/mol. The van der Waals surface area contributed by atoms with E-state index in [1.165, 1.54) is 23.5 Å². The second-order valence-electron chi connectivity index (χ2n) is 8.71. The fraction of sp³-hybridized carbons (Fsp3) is 0.240. The van der Waals surface area contributed by atoms with Crippen molar-refractivity contribution in [3.05, 3.63) is 71.1 Å². The largest absolute Gasteiger partial charge is 0.617 e. The maximum atomic E-state index is 14.7. The van der Waals surface area contributed by atoms with E-state index in [4.69, 9.17) is 4.98 Å². The molecule has 0 bridgehead atoms. The molecule has 0 saturated carbocycles. The lowest BCUT2D eigenvalue weighted by Crippen LogP contribution is -2.17. The molecule has 2 heterocycles. The summed E-state index contributed by atoms with van der Waals surface area (Å²) in [5, 5.41) is 3.78.